The van der Waals surface area contributed by atoms with Crippen LogP contribution in [0, 0.1) is 12.7 Å². The molecule has 0 unspecified atom stereocenters. The first-order chi connectivity index (χ1) is 8.97. The van der Waals surface area contributed by atoms with E-state index < -0.39 is 11.7 Å². The highest BCUT2D eigenvalue weighted by atomic mass is 79.9. The van der Waals surface area contributed by atoms with Crippen LogP contribution < -0.4 is 11.1 Å². The molecule has 0 saturated carbocycles. The van der Waals surface area contributed by atoms with E-state index in [1.165, 1.54) is 18.2 Å². The zero-order valence-electron chi connectivity index (χ0n) is 10.2. The molecule has 3 nitrogen and oxygen atoms in total. The zero-order valence-corrected chi connectivity index (χ0v) is 11.8. The summed E-state index contributed by atoms with van der Waals surface area (Å²) in [5, 5.41) is 2.65. The highest BCUT2D eigenvalue weighted by Gasteiger charge is 2.13. The molecule has 2 aromatic carbocycles. The fourth-order valence-corrected chi connectivity index (χ4v) is 1.99. The molecule has 98 valence electrons. The minimum Gasteiger partial charge on any atom is -0.399 e. The van der Waals surface area contributed by atoms with E-state index in [0.29, 0.717) is 11.4 Å². The van der Waals surface area contributed by atoms with Gasteiger partial charge in [0.15, 0.2) is 0 Å². The van der Waals surface area contributed by atoms with Crippen molar-refractivity contribution in [2.45, 2.75) is 6.92 Å². The number of anilines is 2. The van der Waals surface area contributed by atoms with E-state index in [1.807, 2.05) is 19.1 Å². The summed E-state index contributed by atoms with van der Waals surface area (Å²) in [6, 6.07) is 9.42. The van der Waals surface area contributed by atoms with Gasteiger partial charge in [-0.2, -0.15) is 0 Å². The molecule has 0 radical (unpaired) electrons. The molecule has 2 aromatic rings. The van der Waals surface area contributed by atoms with Crippen LogP contribution in [0.1, 0.15) is 15.9 Å². The van der Waals surface area contributed by atoms with Gasteiger partial charge in [0.2, 0.25) is 0 Å². The first-order valence-corrected chi connectivity index (χ1v) is 6.39. The van der Waals surface area contributed by atoms with Gasteiger partial charge in [-0.15, -0.1) is 0 Å². The van der Waals surface area contributed by atoms with E-state index in [2.05, 4.69) is 21.2 Å². The predicted octanol–water partition coefficient (Wildman–Crippen LogP) is 3.73. The third-order valence-corrected chi connectivity index (χ3v) is 3.30. The van der Waals surface area contributed by atoms with Crippen molar-refractivity contribution >= 4 is 33.2 Å². The molecule has 19 heavy (non-hydrogen) atoms. The van der Waals surface area contributed by atoms with Crippen LogP contribution in [-0.2, 0) is 0 Å². The molecule has 0 spiro atoms. The van der Waals surface area contributed by atoms with Gasteiger partial charge in [-0.25, -0.2) is 4.39 Å². The standard InChI is InChI=1S/C14H12BrFN2O/c1-8-2-4-11(15)13(6-8)18-14(19)10-7-9(17)3-5-12(10)16/h2-7H,17H2,1H3,(H,18,19). The van der Waals surface area contributed by atoms with Crippen molar-refractivity contribution in [3.8, 4) is 0 Å². The molecule has 0 atom stereocenters. The van der Waals surface area contributed by atoms with Crippen LogP contribution in [0.2, 0.25) is 0 Å². The number of nitrogen functional groups attached to an aromatic ring is 1. The van der Waals surface area contributed by atoms with Crippen molar-refractivity contribution in [2.24, 2.45) is 0 Å². The van der Waals surface area contributed by atoms with E-state index in [-0.39, 0.29) is 5.56 Å². The number of carbonyl (C=O) groups is 1. The molecule has 0 aromatic heterocycles. The van der Waals surface area contributed by atoms with E-state index in [9.17, 15) is 9.18 Å². The Balaban J connectivity index is 2.30. The summed E-state index contributed by atoms with van der Waals surface area (Å²) in [5.74, 6) is -1.13. The number of amides is 1. The second-order valence-electron chi connectivity index (χ2n) is 4.18. The minimum absolute atomic E-state index is 0.0755. The molecule has 5 heteroatoms. The van der Waals surface area contributed by atoms with Crippen LogP contribution in [0.25, 0.3) is 0 Å². The van der Waals surface area contributed by atoms with Gasteiger partial charge in [0.25, 0.3) is 5.91 Å². The lowest BCUT2D eigenvalue weighted by Gasteiger charge is -2.09. The summed E-state index contributed by atoms with van der Waals surface area (Å²) in [5.41, 5.74) is 7.41. The number of carbonyl (C=O) groups excluding carboxylic acids is 1. The average molecular weight is 323 g/mol. The van der Waals surface area contributed by atoms with Crippen LogP contribution in [0.5, 0.6) is 0 Å². The Labute approximate surface area is 118 Å². The number of aryl methyl sites for hydroxylation is 1. The molecule has 0 aliphatic carbocycles. The van der Waals surface area contributed by atoms with E-state index in [1.54, 1.807) is 6.07 Å². The highest BCUT2D eigenvalue weighted by molar-refractivity contribution is 9.10. The number of nitrogens with one attached hydrogen (secondary N) is 1. The molecule has 0 heterocycles. The third kappa shape index (κ3) is 3.12. The van der Waals surface area contributed by atoms with Crippen molar-refractivity contribution in [1.29, 1.82) is 0 Å². The summed E-state index contributed by atoms with van der Waals surface area (Å²) in [6.07, 6.45) is 0. The SMILES string of the molecule is Cc1ccc(Br)c(NC(=O)c2cc(N)ccc2F)c1. The van der Waals surface area contributed by atoms with E-state index in [0.717, 1.165) is 10.0 Å². The maximum Gasteiger partial charge on any atom is 0.258 e. The number of hydrogen-bond acceptors (Lipinski definition) is 2. The molecule has 2 rings (SSSR count). The lowest BCUT2D eigenvalue weighted by molar-refractivity contribution is 0.102. The van der Waals surface area contributed by atoms with E-state index >= 15 is 0 Å². The topological polar surface area (TPSA) is 55.1 Å². The molecular formula is C14H12BrFN2O. The van der Waals surface area contributed by atoms with Crippen LogP contribution >= 0.6 is 15.9 Å². The maximum atomic E-state index is 13.6. The quantitative estimate of drug-likeness (QED) is 0.828. The summed E-state index contributed by atoms with van der Waals surface area (Å²) < 4.78 is 14.3. The monoisotopic (exact) mass is 322 g/mol. The van der Waals surface area contributed by atoms with Gasteiger partial charge in [-0.1, -0.05) is 6.07 Å². The van der Waals surface area contributed by atoms with Crippen molar-refractivity contribution in [2.75, 3.05) is 11.1 Å². The van der Waals surface area contributed by atoms with Crippen LogP contribution in [-0.4, -0.2) is 5.91 Å². The fourth-order valence-electron chi connectivity index (χ4n) is 1.64. The maximum absolute atomic E-state index is 13.6. The summed E-state index contributed by atoms with van der Waals surface area (Å²) in [6.45, 7) is 1.91. The van der Waals surface area contributed by atoms with Gasteiger partial charge >= 0.3 is 0 Å². The van der Waals surface area contributed by atoms with Gasteiger partial charge in [-0.3, -0.25) is 4.79 Å². The number of halogens is 2. The Morgan fingerprint density at radius 3 is 2.74 bits per heavy atom. The van der Waals surface area contributed by atoms with Gasteiger partial charge in [0, 0.05) is 10.2 Å². The molecule has 0 aliphatic heterocycles. The second-order valence-corrected chi connectivity index (χ2v) is 5.03. The molecule has 0 bridgehead atoms. The number of hydrogen-bond donors (Lipinski definition) is 2. The minimum atomic E-state index is -0.601. The van der Waals surface area contributed by atoms with Gasteiger partial charge in [0.1, 0.15) is 5.82 Å². The summed E-state index contributed by atoms with van der Waals surface area (Å²) in [4.78, 5) is 12.0. The lowest BCUT2D eigenvalue weighted by Crippen LogP contribution is -2.14. The highest BCUT2D eigenvalue weighted by Crippen LogP contribution is 2.24. The van der Waals surface area contributed by atoms with Crippen LogP contribution in [0.4, 0.5) is 15.8 Å². The summed E-state index contributed by atoms with van der Waals surface area (Å²) >= 11 is 3.33. The first kappa shape index (κ1) is 13.5. The number of benzene rings is 2. The first-order valence-electron chi connectivity index (χ1n) is 5.60. The van der Waals surface area contributed by atoms with E-state index in [4.69, 9.17) is 5.73 Å². The zero-order chi connectivity index (χ0) is 14.0. The fraction of sp³-hybridized carbons (Fsp3) is 0.0714. The Morgan fingerprint density at radius 1 is 1.26 bits per heavy atom. The van der Waals surface area contributed by atoms with Crippen molar-refractivity contribution in [1.82, 2.24) is 0 Å². The predicted molar refractivity (Wildman–Crippen MR) is 77.6 cm³/mol. The Hall–Kier alpha value is -1.88. The molecule has 3 N–H and O–H groups in total. The Bertz CT molecular complexity index is 643. The van der Waals surface area contributed by atoms with Gasteiger partial charge in [0.05, 0.1) is 11.3 Å². The van der Waals surface area contributed by atoms with Crippen molar-refractivity contribution in [3.63, 3.8) is 0 Å². The molecule has 0 saturated heterocycles. The van der Waals surface area contributed by atoms with Crippen molar-refractivity contribution < 1.29 is 9.18 Å². The smallest absolute Gasteiger partial charge is 0.258 e. The molecule has 1 amide bonds. The lowest BCUT2D eigenvalue weighted by atomic mass is 10.1. The molecular weight excluding hydrogens is 311 g/mol. The molecule has 0 aliphatic rings. The van der Waals surface area contributed by atoms with Crippen molar-refractivity contribution in [3.05, 3.63) is 57.8 Å². The normalized spacial score (nSPS) is 10.3. The Kier molecular flexibility index (Phi) is 3.85. The number of rotatable bonds is 2. The van der Waals surface area contributed by atoms with Crippen LogP contribution in [0.15, 0.2) is 40.9 Å². The largest absolute Gasteiger partial charge is 0.399 e. The summed E-state index contributed by atoms with van der Waals surface area (Å²) in [7, 11) is 0. The van der Waals surface area contributed by atoms with Gasteiger partial charge < -0.3 is 11.1 Å². The number of nitrogens with two attached hydrogens (primary N) is 1. The third-order valence-electron chi connectivity index (χ3n) is 2.61. The van der Waals surface area contributed by atoms with Crippen LogP contribution in [0.3, 0.4) is 0 Å². The molecule has 0 fully saturated rings. The second kappa shape index (κ2) is 5.40. The Morgan fingerprint density at radius 2 is 2.00 bits per heavy atom. The average Bonchev–Trinajstić information content (AvgIpc) is 2.36. The van der Waals surface area contributed by atoms with Gasteiger partial charge in [-0.05, 0) is 58.7 Å².